The van der Waals surface area contributed by atoms with Crippen LogP contribution in [0.5, 0.6) is 0 Å². The van der Waals surface area contributed by atoms with Crippen molar-refractivity contribution in [3.8, 4) is 0 Å². The third-order valence-corrected chi connectivity index (χ3v) is 10.0. The van der Waals surface area contributed by atoms with E-state index in [0.29, 0.717) is 52.4 Å². The molecular formula is C24H21ClN7O5S2+. The highest BCUT2D eigenvalue weighted by molar-refractivity contribution is 7.91. The van der Waals surface area contributed by atoms with Crippen molar-refractivity contribution < 1.29 is 18.1 Å². The molecule has 200 valence electrons. The quantitative estimate of drug-likeness (QED) is 0.128. The highest BCUT2D eigenvalue weighted by Gasteiger charge is 2.31. The molecule has 4 aromatic rings. The van der Waals surface area contributed by atoms with Gasteiger partial charge in [0.25, 0.3) is 15.7 Å². The Kier molecular flexibility index (Phi) is 7.64. The summed E-state index contributed by atoms with van der Waals surface area (Å²) in [4.78, 5) is 31.3. The molecule has 0 spiro atoms. The Labute approximate surface area is 231 Å². The number of sulfonamides is 1. The number of rotatable bonds is 7. The van der Waals surface area contributed by atoms with Crippen LogP contribution >= 0.6 is 22.9 Å². The molecule has 0 saturated carbocycles. The SMILES string of the molecule is O=C(N=[N+]=NCc1ccc(S(=O)(=O)N2CCC(n3cnc4ccc([N+](=O)[O-])cc43)CC2)s1)c1ccc(Cl)cc1. The number of hydrogen-bond acceptors (Lipinski definition) is 8. The molecule has 0 bridgehead atoms. The first-order valence-electron chi connectivity index (χ1n) is 11.8. The second-order valence-electron chi connectivity index (χ2n) is 8.74. The number of nitro groups is 1. The van der Waals surface area contributed by atoms with Gasteiger partial charge in [-0.2, -0.15) is 4.31 Å². The van der Waals surface area contributed by atoms with Gasteiger partial charge in [-0.15, -0.1) is 11.3 Å². The Morgan fingerprint density at radius 1 is 1.15 bits per heavy atom. The van der Waals surface area contributed by atoms with E-state index in [1.807, 2.05) is 4.57 Å². The number of hydrogen-bond donors (Lipinski definition) is 0. The average molecular weight is 587 g/mol. The van der Waals surface area contributed by atoms with Gasteiger partial charge in [0, 0.05) is 46.7 Å². The molecule has 2 aromatic carbocycles. The lowest BCUT2D eigenvalue weighted by Gasteiger charge is -2.31. The van der Waals surface area contributed by atoms with Crippen molar-refractivity contribution in [3.05, 3.63) is 86.5 Å². The van der Waals surface area contributed by atoms with E-state index >= 15 is 0 Å². The number of aromatic nitrogens is 2. The zero-order chi connectivity index (χ0) is 27.6. The summed E-state index contributed by atoms with van der Waals surface area (Å²) >= 11 is 6.90. The monoisotopic (exact) mass is 586 g/mol. The molecular weight excluding hydrogens is 566 g/mol. The lowest BCUT2D eigenvalue weighted by Crippen LogP contribution is -2.38. The van der Waals surface area contributed by atoms with E-state index in [0.717, 1.165) is 11.3 Å². The summed E-state index contributed by atoms with van der Waals surface area (Å²) in [7, 11) is -3.70. The number of piperidine rings is 1. The number of thiophene rings is 1. The van der Waals surface area contributed by atoms with E-state index in [9.17, 15) is 23.3 Å². The molecule has 0 aliphatic carbocycles. The lowest BCUT2D eigenvalue weighted by atomic mass is 10.1. The van der Waals surface area contributed by atoms with Gasteiger partial charge in [-0.1, -0.05) is 11.6 Å². The van der Waals surface area contributed by atoms with Gasteiger partial charge in [0.05, 0.1) is 22.3 Å². The highest BCUT2D eigenvalue weighted by atomic mass is 35.5. The molecule has 0 N–H and O–H groups in total. The van der Waals surface area contributed by atoms with Crippen LogP contribution in [0.15, 0.2) is 75.4 Å². The number of nitrogens with zero attached hydrogens (tertiary/aromatic N) is 7. The van der Waals surface area contributed by atoms with Gasteiger partial charge in [0.2, 0.25) is 10.0 Å². The number of non-ortho nitro benzene ring substituents is 1. The minimum Gasteiger partial charge on any atom is -0.327 e. The van der Waals surface area contributed by atoms with E-state index < -0.39 is 20.9 Å². The molecule has 0 unspecified atom stereocenters. The van der Waals surface area contributed by atoms with E-state index in [4.69, 9.17) is 11.6 Å². The van der Waals surface area contributed by atoms with Crippen LogP contribution in [0.4, 0.5) is 5.69 Å². The van der Waals surface area contributed by atoms with Crippen molar-refractivity contribution in [1.29, 1.82) is 0 Å². The lowest BCUT2D eigenvalue weighted by molar-refractivity contribution is -0.384. The summed E-state index contributed by atoms with van der Waals surface area (Å²) in [5, 5.41) is 19.1. The zero-order valence-electron chi connectivity index (χ0n) is 20.3. The number of amides is 1. The van der Waals surface area contributed by atoms with Crippen molar-refractivity contribution in [1.82, 2.24) is 18.8 Å². The normalized spacial score (nSPS) is 14.7. The first-order valence-corrected chi connectivity index (χ1v) is 14.4. The first kappa shape index (κ1) is 26.8. The molecule has 2 aromatic heterocycles. The van der Waals surface area contributed by atoms with Crippen LogP contribution in [0.1, 0.15) is 34.1 Å². The van der Waals surface area contributed by atoms with Gasteiger partial charge in [0.15, 0.2) is 6.54 Å². The Morgan fingerprint density at radius 3 is 2.62 bits per heavy atom. The standard InChI is InChI=1S/C24H21ClN7O5S2/c25-17-3-1-16(2-4-17)24(33)28-29-27-14-20-6-8-23(38-20)39(36,37)30-11-9-18(10-12-30)31-15-26-21-7-5-19(32(34)35)13-22(21)31/h1-8,13,15,18H,9-12,14H2/q+1. The molecule has 1 saturated heterocycles. The van der Waals surface area contributed by atoms with Crippen LogP contribution in [0.3, 0.4) is 0 Å². The maximum atomic E-state index is 13.2. The summed E-state index contributed by atoms with van der Waals surface area (Å²) < 4.78 is 30.0. The van der Waals surface area contributed by atoms with Crippen molar-refractivity contribution in [3.63, 3.8) is 0 Å². The number of carbonyl (C=O) groups excluding carboxylic acids is 1. The Balaban J connectivity index is 1.21. The van der Waals surface area contributed by atoms with Crippen LogP contribution in [-0.4, -0.2) is 46.2 Å². The summed E-state index contributed by atoms with van der Waals surface area (Å²) in [5.41, 5.74) is 1.62. The van der Waals surface area contributed by atoms with Crippen molar-refractivity contribution in [2.75, 3.05) is 13.1 Å². The minimum atomic E-state index is -3.70. The smallest absolute Gasteiger partial charge is 0.327 e. The predicted molar refractivity (Wildman–Crippen MR) is 144 cm³/mol. The van der Waals surface area contributed by atoms with Crippen LogP contribution in [0.25, 0.3) is 11.0 Å². The molecule has 0 radical (unpaired) electrons. The highest BCUT2D eigenvalue weighted by Crippen LogP contribution is 2.32. The summed E-state index contributed by atoms with van der Waals surface area (Å²) in [6.45, 7) is 0.694. The molecule has 0 atom stereocenters. The first-order chi connectivity index (χ1) is 18.7. The molecule has 5 rings (SSSR count). The number of nitro benzene ring substituents is 1. The molecule has 1 aliphatic rings. The van der Waals surface area contributed by atoms with Crippen molar-refractivity contribution >= 4 is 55.6 Å². The maximum Gasteiger partial charge on any atom is 0.360 e. The third-order valence-electron chi connectivity index (χ3n) is 6.33. The molecule has 1 aliphatic heterocycles. The second-order valence-corrected chi connectivity index (χ2v) is 12.5. The number of halogens is 1. The molecule has 15 heteroatoms. The third kappa shape index (κ3) is 5.79. The van der Waals surface area contributed by atoms with Crippen LogP contribution in [0, 0.1) is 10.1 Å². The maximum absolute atomic E-state index is 13.2. The molecule has 1 fully saturated rings. The Bertz CT molecular complexity index is 1720. The Morgan fingerprint density at radius 2 is 1.90 bits per heavy atom. The van der Waals surface area contributed by atoms with Gasteiger partial charge in [-0.3, -0.25) is 14.9 Å². The van der Waals surface area contributed by atoms with Crippen molar-refractivity contribution in [2.45, 2.75) is 29.6 Å². The van der Waals surface area contributed by atoms with Gasteiger partial charge >= 0.3 is 5.91 Å². The van der Waals surface area contributed by atoms with Gasteiger partial charge in [-0.05, 0) is 55.3 Å². The van der Waals surface area contributed by atoms with Gasteiger partial charge < -0.3 is 4.57 Å². The Hall–Kier alpha value is -3.81. The number of carbonyl (C=O) groups is 1. The van der Waals surface area contributed by atoms with E-state index in [2.05, 4.69) is 20.1 Å². The van der Waals surface area contributed by atoms with Gasteiger partial charge in [0.1, 0.15) is 9.32 Å². The largest absolute Gasteiger partial charge is 0.360 e. The molecule has 39 heavy (non-hydrogen) atoms. The topological polar surface area (TPSA) is 154 Å². The predicted octanol–water partition coefficient (Wildman–Crippen LogP) is 5.00. The number of imidazole rings is 1. The van der Waals surface area contributed by atoms with Crippen molar-refractivity contribution in [2.24, 2.45) is 10.2 Å². The van der Waals surface area contributed by atoms with Crippen LogP contribution in [0.2, 0.25) is 5.02 Å². The molecule has 3 heterocycles. The number of benzene rings is 2. The van der Waals surface area contributed by atoms with Gasteiger partial charge in [-0.25, -0.2) is 13.4 Å². The molecule has 1 amide bonds. The van der Waals surface area contributed by atoms with E-state index in [-0.39, 0.29) is 22.5 Å². The second kappa shape index (κ2) is 11.1. The fourth-order valence-corrected chi connectivity index (χ4v) is 7.34. The number of fused-ring (bicyclic) bond motifs is 1. The molecule has 12 nitrogen and oxygen atoms in total. The summed E-state index contributed by atoms with van der Waals surface area (Å²) in [5.74, 6) is -0.560. The zero-order valence-corrected chi connectivity index (χ0v) is 22.6. The van der Waals surface area contributed by atoms with Crippen LogP contribution in [-0.2, 0) is 16.6 Å². The fraction of sp³-hybridized carbons (Fsp3) is 0.250. The van der Waals surface area contributed by atoms with E-state index in [1.54, 1.807) is 30.6 Å². The minimum absolute atomic E-state index is 0.0147. The summed E-state index contributed by atoms with van der Waals surface area (Å²) in [6, 6.07) is 13.9. The fourth-order valence-electron chi connectivity index (χ4n) is 4.31. The van der Waals surface area contributed by atoms with Crippen LogP contribution < -0.4 is 4.91 Å². The van der Waals surface area contributed by atoms with E-state index in [1.165, 1.54) is 34.6 Å². The average Bonchev–Trinajstić information content (AvgIpc) is 3.59. The summed E-state index contributed by atoms with van der Waals surface area (Å²) in [6.07, 6.45) is 2.74.